The first kappa shape index (κ1) is 17.2. The van der Waals surface area contributed by atoms with Crippen molar-refractivity contribution in [3.63, 3.8) is 0 Å². The van der Waals surface area contributed by atoms with Gasteiger partial charge in [0.2, 0.25) is 0 Å². The molecule has 0 aliphatic carbocycles. The van der Waals surface area contributed by atoms with E-state index in [1.165, 1.54) is 0 Å². The fourth-order valence-corrected chi connectivity index (χ4v) is 1.60. The van der Waals surface area contributed by atoms with Crippen molar-refractivity contribution in [2.75, 3.05) is 12.9 Å². The van der Waals surface area contributed by atoms with E-state index in [0.29, 0.717) is 12.8 Å². The molecule has 6 nitrogen and oxygen atoms in total. The number of amides is 1. The molecule has 0 fully saturated rings. The summed E-state index contributed by atoms with van der Waals surface area (Å²) in [6, 6.07) is -0.0944. The molecule has 0 aromatic rings. The Labute approximate surface area is 109 Å². The van der Waals surface area contributed by atoms with Crippen molar-refractivity contribution in [3.05, 3.63) is 0 Å². The van der Waals surface area contributed by atoms with Crippen molar-refractivity contribution in [3.8, 4) is 0 Å². The minimum atomic E-state index is -3.38. The number of ether oxygens (including phenoxy) is 1. The fourth-order valence-electron chi connectivity index (χ4n) is 1.18. The Morgan fingerprint density at radius 2 is 1.89 bits per heavy atom. The van der Waals surface area contributed by atoms with Crippen molar-refractivity contribution in [2.24, 2.45) is 0 Å². The highest BCUT2D eigenvalue weighted by Crippen LogP contribution is 2.07. The monoisotopic (exact) mass is 281 g/mol. The number of alkyl carbamates (subject to hydrolysis) is 1. The maximum atomic E-state index is 11.4. The van der Waals surface area contributed by atoms with Crippen LogP contribution in [0.2, 0.25) is 0 Å². The Bertz CT molecular complexity index is 358. The minimum absolute atomic E-state index is 0.0944. The second-order valence-electron chi connectivity index (χ2n) is 5.22. The number of carbonyl (C=O) groups is 1. The Balaban J connectivity index is 3.78. The van der Waals surface area contributed by atoms with E-state index in [4.69, 9.17) is 4.74 Å². The molecule has 7 heteroatoms. The smallest absolute Gasteiger partial charge is 0.407 e. The van der Waals surface area contributed by atoms with Crippen LogP contribution >= 0.6 is 0 Å². The molecule has 0 saturated heterocycles. The van der Waals surface area contributed by atoms with Crippen LogP contribution in [0.1, 0.15) is 40.5 Å². The molecule has 0 radical (unpaired) electrons. The molecule has 1 atom stereocenters. The molecule has 0 rings (SSSR count). The lowest BCUT2D eigenvalue weighted by Crippen LogP contribution is -2.37. The first-order valence-corrected chi connectivity index (χ1v) is 7.65. The summed E-state index contributed by atoms with van der Waals surface area (Å²) in [4.78, 5) is 11.4. The molecule has 0 bridgehead atoms. The van der Waals surface area contributed by atoms with Gasteiger partial charge in [-0.15, -0.1) is 0 Å². The molecule has 0 saturated carbocycles. The highest BCUT2D eigenvalue weighted by Gasteiger charge is 2.17. The lowest BCUT2D eigenvalue weighted by atomic mass is 10.2. The summed E-state index contributed by atoms with van der Waals surface area (Å²) in [5.74, 6) is 0. The Morgan fingerprint density at radius 3 is 2.33 bits per heavy atom. The molecule has 0 spiro atoms. The van der Waals surface area contributed by atoms with Gasteiger partial charge in [-0.1, -0.05) is 0 Å². The van der Waals surface area contributed by atoms with E-state index >= 15 is 0 Å². The summed E-state index contributed by atoms with van der Waals surface area (Å²) in [6.07, 6.45) is 1.70. The van der Waals surface area contributed by atoms with Gasteiger partial charge in [-0.05, 0) is 40.5 Å². The molecule has 18 heavy (non-hydrogen) atoms. The average Bonchev–Trinajstić information content (AvgIpc) is 2.07. The summed E-state index contributed by atoms with van der Waals surface area (Å²) >= 11 is 0. The minimum Gasteiger partial charge on any atom is -0.444 e. The molecule has 0 heterocycles. The molecule has 1 amide bonds. The molecular formula is C11H23NO5S. The third-order valence-electron chi connectivity index (χ3n) is 1.84. The molecule has 0 aliphatic heterocycles. The zero-order chi connectivity index (χ0) is 14.4. The van der Waals surface area contributed by atoms with Crippen LogP contribution in [-0.2, 0) is 19.0 Å². The van der Waals surface area contributed by atoms with Crippen molar-refractivity contribution in [1.82, 2.24) is 5.32 Å². The first-order valence-electron chi connectivity index (χ1n) is 5.83. The van der Waals surface area contributed by atoms with Gasteiger partial charge in [0.1, 0.15) is 5.60 Å². The van der Waals surface area contributed by atoms with E-state index in [-0.39, 0.29) is 12.6 Å². The second kappa shape index (κ2) is 6.94. The Morgan fingerprint density at radius 1 is 1.33 bits per heavy atom. The SMILES string of the molecule is CC(CCCOS(C)(=O)=O)NC(=O)OC(C)(C)C. The lowest BCUT2D eigenvalue weighted by molar-refractivity contribution is 0.0504. The van der Waals surface area contributed by atoms with Crippen molar-refractivity contribution >= 4 is 16.2 Å². The highest BCUT2D eigenvalue weighted by atomic mass is 32.2. The number of carbonyl (C=O) groups excluding carboxylic acids is 1. The molecule has 108 valence electrons. The van der Waals surface area contributed by atoms with Crippen LogP contribution in [0.5, 0.6) is 0 Å². The largest absolute Gasteiger partial charge is 0.444 e. The van der Waals surface area contributed by atoms with Gasteiger partial charge < -0.3 is 10.1 Å². The van der Waals surface area contributed by atoms with Crippen LogP contribution in [0.4, 0.5) is 4.79 Å². The van der Waals surface area contributed by atoms with E-state index in [2.05, 4.69) is 9.50 Å². The van der Waals surface area contributed by atoms with Gasteiger partial charge in [0.25, 0.3) is 10.1 Å². The van der Waals surface area contributed by atoms with E-state index in [9.17, 15) is 13.2 Å². The standard InChI is InChI=1S/C11H23NO5S/c1-9(7-6-8-16-18(5,14)15)12-10(13)17-11(2,3)4/h9H,6-8H2,1-5H3,(H,12,13). The topological polar surface area (TPSA) is 81.7 Å². The third kappa shape index (κ3) is 11.7. The molecule has 0 aromatic heterocycles. The highest BCUT2D eigenvalue weighted by molar-refractivity contribution is 7.85. The normalized spacial score (nSPS) is 14.1. The van der Waals surface area contributed by atoms with Gasteiger partial charge in [-0.2, -0.15) is 8.42 Å². The van der Waals surface area contributed by atoms with Crippen LogP contribution in [0.25, 0.3) is 0 Å². The van der Waals surface area contributed by atoms with Crippen LogP contribution in [0.15, 0.2) is 0 Å². The van der Waals surface area contributed by atoms with E-state index in [0.717, 1.165) is 6.26 Å². The van der Waals surface area contributed by atoms with Crippen molar-refractivity contribution < 1.29 is 22.1 Å². The van der Waals surface area contributed by atoms with Gasteiger partial charge in [0, 0.05) is 6.04 Å². The van der Waals surface area contributed by atoms with E-state index in [1.807, 2.05) is 6.92 Å². The number of nitrogens with one attached hydrogen (secondary N) is 1. The number of hydrogen-bond acceptors (Lipinski definition) is 5. The van der Waals surface area contributed by atoms with Gasteiger partial charge in [-0.3, -0.25) is 4.18 Å². The maximum absolute atomic E-state index is 11.4. The summed E-state index contributed by atoms with van der Waals surface area (Å²) < 4.78 is 31.1. The Kier molecular flexibility index (Phi) is 6.62. The van der Waals surface area contributed by atoms with Crippen molar-refractivity contribution in [1.29, 1.82) is 0 Å². The summed E-state index contributed by atoms with van der Waals surface area (Å²) in [5.41, 5.74) is -0.525. The molecular weight excluding hydrogens is 258 g/mol. The van der Waals surface area contributed by atoms with Crippen LogP contribution < -0.4 is 5.32 Å². The molecule has 0 aromatic carbocycles. The quantitative estimate of drug-likeness (QED) is 0.591. The Hall–Kier alpha value is -0.820. The van der Waals surface area contributed by atoms with Gasteiger partial charge in [-0.25, -0.2) is 4.79 Å². The van der Waals surface area contributed by atoms with Crippen molar-refractivity contribution in [2.45, 2.75) is 52.2 Å². The predicted octanol–water partition coefficient (Wildman–Crippen LogP) is 1.66. The summed E-state index contributed by atoms with van der Waals surface area (Å²) in [5, 5.41) is 2.67. The fraction of sp³-hybridized carbons (Fsp3) is 0.909. The van der Waals surface area contributed by atoms with E-state index < -0.39 is 21.8 Å². The van der Waals surface area contributed by atoms with Gasteiger partial charge in [0.05, 0.1) is 12.9 Å². The zero-order valence-electron chi connectivity index (χ0n) is 11.6. The predicted molar refractivity (Wildman–Crippen MR) is 68.9 cm³/mol. The molecule has 1 unspecified atom stereocenters. The zero-order valence-corrected chi connectivity index (χ0v) is 12.5. The second-order valence-corrected chi connectivity index (χ2v) is 6.86. The molecule has 1 N–H and O–H groups in total. The number of hydrogen-bond donors (Lipinski definition) is 1. The maximum Gasteiger partial charge on any atom is 0.407 e. The van der Waals surface area contributed by atoms with Crippen LogP contribution in [0, 0.1) is 0 Å². The number of rotatable bonds is 6. The molecule has 0 aliphatic rings. The van der Waals surface area contributed by atoms with Gasteiger partial charge in [0.15, 0.2) is 0 Å². The van der Waals surface area contributed by atoms with Crippen LogP contribution in [-0.4, -0.2) is 39.0 Å². The first-order chi connectivity index (χ1) is 7.99. The summed E-state index contributed by atoms with van der Waals surface area (Å²) in [7, 11) is -3.38. The lowest BCUT2D eigenvalue weighted by Gasteiger charge is -2.21. The van der Waals surface area contributed by atoms with Crippen LogP contribution in [0.3, 0.4) is 0 Å². The third-order valence-corrected chi connectivity index (χ3v) is 2.44. The average molecular weight is 281 g/mol. The van der Waals surface area contributed by atoms with E-state index in [1.54, 1.807) is 20.8 Å². The van der Waals surface area contributed by atoms with Gasteiger partial charge >= 0.3 is 6.09 Å². The summed E-state index contributed by atoms with van der Waals surface area (Å²) in [6.45, 7) is 7.31.